The summed E-state index contributed by atoms with van der Waals surface area (Å²) >= 11 is 0. The minimum absolute atomic E-state index is 0.127. The molecular weight excluding hydrogens is 296 g/mol. The fourth-order valence-corrected chi connectivity index (χ4v) is 2.22. The predicted octanol–water partition coefficient (Wildman–Crippen LogP) is 2.71. The number of carbonyl (C=O) groups is 3. The maximum atomic E-state index is 12.1. The van der Waals surface area contributed by atoms with Crippen molar-refractivity contribution in [3.8, 4) is 0 Å². The molecular formula is C18H24O5. The molecule has 1 rings (SSSR count). The normalized spacial score (nSPS) is 13.2. The Labute approximate surface area is 137 Å². The number of ketones is 2. The summed E-state index contributed by atoms with van der Waals surface area (Å²) in [7, 11) is 1.22. The fraction of sp³-hybridized carbons (Fsp3) is 0.500. The average Bonchev–Trinajstić information content (AvgIpc) is 2.57. The maximum Gasteiger partial charge on any atom is 0.316 e. The molecule has 1 unspecified atom stereocenters. The summed E-state index contributed by atoms with van der Waals surface area (Å²) in [6.07, 6.45) is -0.0410. The van der Waals surface area contributed by atoms with Crippen LogP contribution in [0, 0.1) is 5.92 Å². The molecule has 0 aromatic heterocycles. The number of ether oxygens (including phenoxy) is 2. The van der Waals surface area contributed by atoms with E-state index in [-0.39, 0.29) is 36.9 Å². The SMILES string of the molecule is CCC(=O)C(CC(=O)C[C@H](C)OCc1ccccc1)C(=O)OC. The smallest absolute Gasteiger partial charge is 0.316 e. The number of hydrogen-bond donors (Lipinski definition) is 0. The molecule has 1 aromatic rings. The second-order valence-electron chi connectivity index (χ2n) is 5.45. The highest BCUT2D eigenvalue weighted by Gasteiger charge is 2.29. The maximum absolute atomic E-state index is 12.1. The fourth-order valence-electron chi connectivity index (χ4n) is 2.22. The molecule has 126 valence electrons. The first kappa shape index (κ1) is 19.0. The second kappa shape index (κ2) is 9.90. The van der Waals surface area contributed by atoms with E-state index in [0.717, 1.165) is 5.56 Å². The lowest BCUT2D eigenvalue weighted by molar-refractivity contribution is -0.151. The number of rotatable bonds is 10. The van der Waals surface area contributed by atoms with Gasteiger partial charge in [0.25, 0.3) is 0 Å². The summed E-state index contributed by atoms with van der Waals surface area (Å²) < 4.78 is 10.2. The number of hydrogen-bond acceptors (Lipinski definition) is 5. The van der Waals surface area contributed by atoms with Crippen molar-refractivity contribution in [1.82, 2.24) is 0 Å². The lowest BCUT2D eigenvalue weighted by Gasteiger charge is -2.15. The van der Waals surface area contributed by atoms with Gasteiger partial charge < -0.3 is 9.47 Å². The largest absolute Gasteiger partial charge is 0.468 e. The van der Waals surface area contributed by atoms with Gasteiger partial charge in [0.1, 0.15) is 17.5 Å². The van der Waals surface area contributed by atoms with E-state index in [2.05, 4.69) is 4.74 Å². The lowest BCUT2D eigenvalue weighted by Crippen LogP contribution is -2.28. The third-order valence-corrected chi connectivity index (χ3v) is 3.55. The standard InChI is InChI=1S/C18H24O5/c1-4-17(20)16(18(21)22-3)11-15(19)10-13(2)23-12-14-8-6-5-7-9-14/h5-9,13,16H,4,10-12H2,1-3H3/t13-,16?/m0/s1. The van der Waals surface area contributed by atoms with Gasteiger partial charge in [-0.25, -0.2) is 0 Å². The van der Waals surface area contributed by atoms with Gasteiger partial charge in [-0.05, 0) is 12.5 Å². The van der Waals surface area contributed by atoms with Crippen molar-refractivity contribution in [2.75, 3.05) is 7.11 Å². The Hall–Kier alpha value is -2.01. The van der Waals surface area contributed by atoms with Crippen LogP contribution in [-0.2, 0) is 30.5 Å². The van der Waals surface area contributed by atoms with E-state index in [9.17, 15) is 14.4 Å². The van der Waals surface area contributed by atoms with Crippen LogP contribution in [0.4, 0.5) is 0 Å². The first-order chi connectivity index (χ1) is 11.0. The van der Waals surface area contributed by atoms with E-state index in [1.165, 1.54) is 7.11 Å². The third kappa shape index (κ3) is 6.74. The number of esters is 1. The van der Waals surface area contributed by atoms with Crippen molar-refractivity contribution in [1.29, 1.82) is 0 Å². The zero-order valence-corrected chi connectivity index (χ0v) is 13.9. The highest BCUT2D eigenvalue weighted by molar-refractivity contribution is 6.02. The molecule has 0 aliphatic heterocycles. The molecule has 5 nitrogen and oxygen atoms in total. The number of benzene rings is 1. The van der Waals surface area contributed by atoms with Crippen molar-refractivity contribution < 1.29 is 23.9 Å². The molecule has 0 amide bonds. The molecule has 0 aliphatic carbocycles. The molecule has 0 bridgehead atoms. The molecule has 0 aliphatic rings. The summed E-state index contributed by atoms with van der Waals surface area (Å²) in [6.45, 7) is 3.88. The molecule has 0 saturated carbocycles. The molecule has 0 fully saturated rings. The number of carbonyl (C=O) groups excluding carboxylic acids is 3. The molecule has 5 heteroatoms. The first-order valence-corrected chi connectivity index (χ1v) is 7.75. The predicted molar refractivity (Wildman–Crippen MR) is 85.7 cm³/mol. The number of methoxy groups -OCH3 is 1. The van der Waals surface area contributed by atoms with Gasteiger partial charge in [0.05, 0.1) is 19.8 Å². The van der Waals surface area contributed by atoms with E-state index in [4.69, 9.17) is 4.74 Å². The Kier molecular flexibility index (Phi) is 8.19. The van der Waals surface area contributed by atoms with E-state index in [0.29, 0.717) is 6.61 Å². The van der Waals surface area contributed by atoms with Gasteiger partial charge in [0, 0.05) is 19.3 Å². The zero-order valence-electron chi connectivity index (χ0n) is 13.9. The minimum atomic E-state index is -1.00. The monoisotopic (exact) mass is 320 g/mol. The Morgan fingerprint density at radius 2 is 1.74 bits per heavy atom. The van der Waals surface area contributed by atoms with Gasteiger partial charge in [-0.15, -0.1) is 0 Å². The van der Waals surface area contributed by atoms with Crippen LogP contribution in [0.1, 0.15) is 38.7 Å². The van der Waals surface area contributed by atoms with Crippen molar-refractivity contribution >= 4 is 17.5 Å². The zero-order chi connectivity index (χ0) is 17.2. The summed E-state index contributed by atoms with van der Waals surface area (Å²) in [5.41, 5.74) is 1.03. The van der Waals surface area contributed by atoms with Crippen LogP contribution in [0.25, 0.3) is 0 Å². The van der Waals surface area contributed by atoms with E-state index < -0.39 is 11.9 Å². The molecule has 0 N–H and O–H groups in total. The molecule has 2 atom stereocenters. The van der Waals surface area contributed by atoms with Gasteiger partial charge >= 0.3 is 5.97 Å². The van der Waals surface area contributed by atoms with Crippen LogP contribution in [-0.4, -0.2) is 30.7 Å². The Morgan fingerprint density at radius 3 is 2.30 bits per heavy atom. The summed E-state index contributed by atoms with van der Waals surface area (Å²) in [6, 6.07) is 9.66. The van der Waals surface area contributed by atoms with Gasteiger partial charge in [-0.2, -0.15) is 0 Å². The molecule has 23 heavy (non-hydrogen) atoms. The Balaban J connectivity index is 2.47. The minimum Gasteiger partial charge on any atom is -0.468 e. The first-order valence-electron chi connectivity index (χ1n) is 7.75. The van der Waals surface area contributed by atoms with Gasteiger partial charge in [0.15, 0.2) is 0 Å². The topological polar surface area (TPSA) is 69.7 Å². The van der Waals surface area contributed by atoms with Crippen molar-refractivity contribution in [3.05, 3.63) is 35.9 Å². The van der Waals surface area contributed by atoms with Crippen molar-refractivity contribution in [3.63, 3.8) is 0 Å². The van der Waals surface area contributed by atoms with Crippen LogP contribution >= 0.6 is 0 Å². The van der Waals surface area contributed by atoms with E-state index >= 15 is 0 Å². The van der Waals surface area contributed by atoms with Crippen LogP contribution in [0.15, 0.2) is 30.3 Å². The average molecular weight is 320 g/mol. The van der Waals surface area contributed by atoms with Crippen LogP contribution in [0.5, 0.6) is 0 Å². The summed E-state index contributed by atoms with van der Waals surface area (Å²) in [5.74, 6) is -2.10. The van der Waals surface area contributed by atoms with Crippen molar-refractivity contribution in [2.45, 2.75) is 45.8 Å². The molecule has 0 saturated heterocycles. The second-order valence-corrected chi connectivity index (χ2v) is 5.45. The third-order valence-electron chi connectivity index (χ3n) is 3.55. The molecule has 0 heterocycles. The summed E-state index contributed by atoms with van der Waals surface area (Å²) in [5, 5.41) is 0. The van der Waals surface area contributed by atoms with E-state index in [1.54, 1.807) is 13.8 Å². The number of Topliss-reactive ketones (excluding diaryl/α,β-unsaturated/α-hetero) is 2. The van der Waals surface area contributed by atoms with Gasteiger partial charge in [-0.3, -0.25) is 14.4 Å². The van der Waals surface area contributed by atoms with Gasteiger partial charge in [0.2, 0.25) is 0 Å². The Bertz CT molecular complexity index is 507. The molecule has 0 spiro atoms. The highest BCUT2D eigenvalue weighted by Crippen LogP contribution is 2.14. The summed E-state index contributed by atoms with van der Waals surface area (Å²) in [4.78, 5) is 35.5. The van der Waals surface area contributed by atoms with Crippen LogP contribution in [0.2, 0.25) is 0 Å². The Morgan fingerprint density at radius 1 is 1.09 bits per heavy atom. The van der Waals surface area contributed by atoms with Crippen molar-refractivity contribution in [2.24, 2.45) is 5.92 Å². The highest BCUT2D eigenvalue weighted by atomic mass is 16.5. The van der Waals surface area contributed by atoms with Crippen LogP contribution in [0.3, 0.4) is 0 Å². The lowest BCUT2D eigenvalue weighted by atomic mass is 9.94. The quantitative estimate of drug-likeness (QED) is 0.490. The van der Waals surface area contributed by atoms with Crippen LogP contribution < -0.4 is 0 Å². The molecule has 0 radical (unpaired) electrons. The van der Waals surface area contributed by atoms with E-state index in [1.807, 2.05) is 30.3 Å². The van der Waals surface area contributed by atoms with Gasteiger partial charge in [-0.1, -0.05) is 37.3 Å². The molecule has 1 aromatic carbocycles.